The molecule has 1 unspecified atom stereocenters. The molecular formula is C10H16O6. The molecule has 0 aliphatic rings. The van der Waals surface area contributed by atoms with Crippen LogP contribution >= 0.6 is 0 Å². The third-order valence-electron chi connectivity index (χ3n) is 1.63. The Morgan fingerprint density at radius 1 is 1.06 bits per heavy atom. The van der Waals surface area contributed by atoms with Gasteiger partial charge in [0.05, 0.1) is 0 Å². The molecule has 0 aromatic heterocycles. The summed E-state index contributed by atoms with van der Waals surface area (Å²) in [6, 6.07) is 0. The lowest BCUT2D eigenvalue weighted by atomic mass is 10.3. The van der Waals surface area contributed by atoms with Crippen LogP contribution in [0.3, 0.4) is 0 Å². The summed E-state index contributed by atoms with van der Waals surface area (Å²) in [7, 11) is 1.41. The molecule has 6 nitrogen and oxygen atoms in total. The van der Waals surface area contributed by atoms with Crippen molar-refractivity contribution < 1.29 is 28.6 Å². The lowest BCUT2D eigenvalue weighted by Crippen LogP contribution is -2.27. The first-order valence-electron chi connectivity index (χ1n) is 4.77. The molecule has 0 aromatic carbocycles. The minimum absolute atomic E-state index is 0.0131. The second-order valence-electron chi connectivity index (χ2n) is 3.22. The highest BCUT2D eigenvalue weighted by molar-refractivity contribution is 5.94. The van der Waals surface area contributed by atoms with Crippen molar-refractivity contribution >= 4 is 17.7 Å². The Bertz CT molecular complexity index is 260. The Labute approximate surface area is 93.8 Å². The van der Waals surface area contributed by atoms with Crippen LogP contribution in [-0.4, -0.2) is 44.1 Å². The van der Waals surface area contributed by atoms with Crippen molar-refractivity contribution in [3.8, 4) is 0 Å². The van der Waals surface area contributed by atoms with Gasteiger partial charge in [0.15, 0.2) is 0 Å². The summed E-state index contributed by atoms with van der Waals surface area (Å²) >= 11 is 0. The topological polar surface area (TPSA) is 78.9 Å². The van der Waals surface area contributed by atoms with Gasteiger partial charge in [-0.15, -0.1) is 0 Å². The van der Waals surface area contributed by atoms with E-state index in [0.717, 1.165) is 0 Å². The predicted molar refractivity (Wildman–Crippen MR) is 53.7 cm³/mol. The zero-order chi connectivity index (χ0) is 12.6. The molecule has 0 amide bonds. The van der Waals surface area contributed by atoms with Crippen LogP contribution in [0.4, 0.5) is 0 Å². The van der Waals surface area contributed by atoms with Crippen molar-refractivity contribution in [3.05, 3.63) is 0 Å². The van der Waals surface area contributed by atoms with Crippen LogP contribution in [-0.2, 0) is 28.6 Å². The van der Waals surface area contributed by atoms with Crippen molar-refractivity contribution in [2.75, 3.05) is 20.3 Å². The van der Waals surface area contributed by atoms with Crippen molar-refractivity contribution in [2.45, 2.75) is 26.4 Å². The van der Waals surface area contributed by atoms with Gasteiger partial charge in [-0.3, -0.25) is 14.4 Å². The van der Waals surface area contributed by atoms with E-state index < -0.39 is 18.0 Å². The third-order valence-corrected chi connectivity index (χ3v) is 1.63. The summed E-state index contributed by atoms with van der Waals surface area (Å²) in [5, 5.41) is 0. The Morgan fingerprint density at radius 2 is 1.62 bits per heavy atom. The Kier molecular flexibility index (Phi) is 7.11. The number of hydrogen-bond donors (Lipinski definition) is 0. The molecule has 0 fully saturated rings. The van der Waals surface area contributed by atoms with E-state index in [1.807, 2.05) is 0 Å². The molecule has 0 N–H and O–H groups in total. The molecule has 6 heteroatoms. The van der Waals surface area contributed by atoms with Crippen LogP contribution in [0.5, 0.6) is 0 Å². The molecule has 0 saturated carbocycles. The molecular weight excluding hydrogens is 216 g/mol. The van der Waals surface area contributed by atoms with E-state index in [9.17, 15) is 14.4 Å². The number of esters is 2. The first-order valence-corrected chi connectivity index (χ1v) is 4.77. The fraction of sp³-hybridized carbons (Fsp3) is 0.700. The molecule has 1 atom stereocenters. The smallest absolute Gasteiger partial charge is 0.313 e. The quantitative estimate of drug-likeness (QED) is 0.457. The molecule has 0 rings (SSSR count). The van der Waals surface area contributed by atoms with Gasteiger partial charge in [0.1, 0.15) is 31.5 Å². The van der Waals surface area contributed by atoms with Gasteiger partial charge in [-0.2, -0.15) is 0 Å². The summed E-state index contributed by atoms with van der Waals surface area (Å²) in [5.74, 6) is -1.31. The average molecular weight is 232 g/mol. The molecule has 0 aromatic rings. The summed E-state index contributed by atoms with van der Waals surface area (Å²) in [5.41, 5.74) is 0. The number of Topliss-reactive ketones (excluding diaryl/α,β-unsaturated/α-hetero) is 1. The van der Waals surface area contributed by atoms with Crippen LogP contribution in [0.2, 0.25) is 0 Å². The molecule has 0 saturated heterocycles. The lowest BCUT2D eigenvalue weighted by molar-refractivity contribution is -0.153. The van der Waals surface area contributed by atoms with Crippen molar-refractivity contribution in [1.82, 2.24) is 0 Å². The van der Waals surface area contributed by atoms with Crippen LogP contribution in [0, 0.1) is 0 Å². The number of rotatable bonds is 7. The monoisotopic (exact) mass is 232 g/mol. The average Bonchev–Trinajstić information content (AvgIpc) is 2.16. The SMILES string of the molecule is COC(COC(C)=O)COC(=O)CC(C)=O. The van der Waals surface area contributed by atoms with E-state index in [-0.39, 0.29) is 25.4 Å². The Balaban J connectivity index is 3.81. The minimum atomic E-state index is -0.614. The minimum Gasteiger partial charge on any atom is -0.463 e. The highest BCUT2D eigenvalue weighted by Crippen LogP contribution is 1.96. The first kappa shape index (κ1) is 14.6. The maximum Gasteiger partial charge on any atom is 0.313 e. The molecule has 0 heterocycles. The van der Waals surface area contributed by atoms with Crippen LogP contribution in [0.25, 0.3) is 0 Å². The summed E-state index contributed by atoms with van der Waals surface area (Å²) in [4.78, 5) is 32.1. The van der Waals surface area contributed by atoms with Gasteiger partial charge in [0.2, 0.25) is 0 Å². The van der Waals surface area contributed by atoms with Crippen molar-refractivity contribution in [2.24, 2.45) is 0 Å². The van der Waals surface area contributed by atoms with Gasteiger partial charge in [-0.1, -0.05) is 0 Å². The van der Waals surface area contributed by atoms with Gasteiger partial charge in [0.25, 0.3) is 0 Å². The zero-order valence-corrected chi connectivity index (χ0v) is 9.65. The predicted octanol–water partition coefficient (Wildman–Crippen LogP) is 0.0868. The van der Waals surface area contributed by atoms with E-state index in [2.05, 4.69) is 4.74 Å². The molecule has 16 heavy (non-hydrogen) atoms. The van der Waals surface area contributed by atoms with Crippen LogP contribution < -0.4 is 0 Å². The molecule has 92 valence electrons. The van der Waals surface area contributed by atoms with Gasteiger partial charge in [-0.25, -0.2) is 0 Å². The molecule has 0 bridgehead atoms. The van der Waals surface area contributed by atoms with Crippen LogP contribution in [0.1, 0.15) is 20.3 Å². The Morgan fingerprint density at radius 3 is 2.06 bits per heavy atom. The highest BCUT2D eigenvalue weighted by Gasteiger charge is 2.13. The van der Waals surface area contributed by atoms with Gasteiger partial charge in [-0.05, 0) is 6.92 Å². The summed E-state index contributed by atoms with van der Waals surface area (Å²) < 4.78 is 14.4. The zero-order valence-electron chi connectivity index (χ0n) is 9.65. The van der Waals surface area contributed by atoms with Gasteiger partial charge < -0.3 is 14.2 Å². The maximum atomic E-state index is 11.0. The van der Waals surface area contributed by atoms with E-state index >= 15 is 0 Å². The second-order valence-corrected chi connectivity index (χ2v) is 3.22. The fourth-order valence-electron chi connectivity index (χ4n) is 0.835. The van der Waals surface area contributed by atoms with E-state index in [0.29, 0.717) is 0 Å². The number of carbonyl (C=O) groups is 3. The van der Waals surface area contributed by atoms with Crippen molar-refractivity contribution in [1.29, 1.82) is 0 Å². The summed E-state index contributed by atoms with van der Waals surface area (Å²) in [6.45, 7) is 2.54. The number of carbonyl (C=O) groups excluding carboxylic acids is 3. The molecule has 0 spiro atoms. The molecule has 0 radical (unpaired) electrons. The maximum absolute atomic E-state index is 11.0. The van der Waals surface area contributed by atoms with Gasteiger partial charge >= 0.3 is 11.9 Å². The largest absolute Gasteiger partial charge is 0.463 e. The Hall–Kier alpha value is -1.43. The molecule has 0 aliphatic heterocycles. The third kappa shape index (κ3) is 7.93. The van der Waals surface area contributed by atoms with E-state index in [1.165, 1.54) is 21.0 Å². The lowest BCUT2D eigenvalue weighted by Gasteiger charge is -2.14. The normalized spacial score (nSPS) is 11.7. The highest BCUT2D eigenvalue weighted by atomic mass is 16.6. The number of ether oxygens (including phenoxy) is 3. The first-order chi connectivity index (χ1) is 7.45. The fourth-order valence-corrected chi connectivity index (χ4v) is 0.835. The van der Waals surface area contributed by atoms with E-state index in [1.54, 1.807) is 0 Å². The standard InChI is InChI=1S/C10H16O6/c1-7(11)4-10(13)16-6-9(14-3)5-15-8(2)12/h9H,4-6H2,1-3H3. The van der Waals surface area contributed by atoms with Crippen molar-refractivity contribution in [3.63, 3.8) is 0 Å². The second kappa shape index (κ2) is 7.81. The summed E-state index contributed by atoms with van der Waals surface area (Å²) in [6.07, 6.45) is -0.774. The van der Waals surface area contributed by atoms with E-state index in [4.69, 9.17) is 9.47 Å². The number of ketones is 1. The van der Waals surface area contributed by atoms with Gasteiger partial charge in [0, 0.05) is 14.0 Å². The van der Waals surface area contributed by atoms with Crippen LogP contribution in [0.15, 0.2) is 0 Å². The number of hydrogen-bond acceptors (Lipinski definition) is 6. The molecule has 0 aliphatic carbocycles. The number of methoxy groups -OCH3 is 1.